The van der Waals surface area contributed by atoms with Gasteiger partial charge in [0.15, 0.2) is 0 Å². The highest BCUT2D eigenvalue weighted by atomic mass is 16.6. The molecule has 0 aliphatic carbocycles. The summed E-state index contributed by atoms with van der Waals surface area (Å²) in [7, 11) is 0. The number of allylic oxidation sites excluding steroid dienone is 1. The van der Waals surface area contributed by atoms with Gasteiger partial charge < -0.3 is 0 Å². The van der Waals surface area contributed by atoms with Gasteiger partial charge in [0, 0.05) is 0 Å². The fourth-order valence-electron chi connectivity index (χ4n) is 1.10. The Bertz CT molecular complexity index is 317. The van der Waals surface area contributed by atoms with E-state index in [0.717, 1.165) is 0 Å². The molecule has 0 amide bonds. The minimum Gasteiger partial charge on any atom is -0.258 e. The van der Waals surface area contributed by atoms with E-state index in [1.807, 2.05) is 13.0 Å². The van der Waals surface area contributed by atoms with Crippen molar-refractivity contribution in [1.29, 1.82) is 0 Å². The third-order valence-electron chi connectivity index (χ3n) is 1.66. The Morgan fingerprint density at radius 3 is 2.54 bits per heavy atom. The van der Waals surface area contributed by atoms with Crippen LogP contribution in [0.2, 0.25) is 0 Å². The van der Waals surface area contributed by atoms with Gasteiger partial charge in [-0.25, -0.2) is 0 Å². The van der Waals surface area contributed by atoms with Crippen LogP contribution in [0, 0.1) is 10.1 Å². The summed E-state index contributed by atoms with van der Waals surface area (Å²) >= 11 is 0. The monoisotopic (exact) mass is 177 g/mol. The zero-order chi connectivity index (χ0) is 9.68. The molecule has 1 rings (SSSR count). The summed E-state index contributed by atoms with van der Waals surface area (Å²) in [5.41, 5.74) is 0.845. The molecule has 3 heteroatoms. The smallest absolute Gasteiger partial charge is 0.258 e. The molecule has 0 aromatic heterocycles. The molecule has 0 heterocycles. The third kappa shape index (κ3) is 2.40. The van der Waals surface area contributed by atoms with Crippen LogP contribution in [0.3, 0.4) is 0 Å². The molecule has 0 saturated heterocycles. The van der Waals surface area contributed by atoms with Crippen LogP contribution in [-0.2, 0) is 0 Å². The number of rotatable bonds is 3. The maximum atomic E-state index is 10.6. The molecule has 0 N–H and O–H groups in total. The van der Waals surface area contributed by atoms with Gasteiger partial charge in [-0.3, -0.25) is 10.1 Å². The first-order chi connectivity index (χ1) is 6.25. The Hall–Kier alpha value is -1.64. The Labute approximate surface area is 76.9 Å². The number of nitro groups is 1. The second kappa shape index (κ2) is 4.40. The zero-order valence-electron chi connectivity index (χ0n) is 7.43. The van der Waals surface area contributed by atoms with Crippen molar-refractivity contribution < 1.29 is 4.92 Å². The Kier molecular flexibility index (Phi) is 3.20. The van der Waals surface area contributed by atoms with E-state index < -0.39 is 0 Å². The molecule has 0 unspecified atom stereocenters. The molecular formula is C10H11NO2. The normalized spacial score (nSPS) is 11.3. The molecule has 0 aliphatic rings. The summed E-state index contributed by atoms with van der Waals surface area (Å²) in [4.78, 5) is 10.3. The predicted octanol–water partition coefficient (Wildman–Crippen LogP) is 2.71. The van der Waals surface area contributed by atoms with Crippen LogP contribution in [0.5, 0.6) is 0 Å². The van der Waals surface area contributed by atoms with E-state index in [9.17, 15) is 10.1 Å². The van der Waals surface area contributed by atoms with Crippen LogP contribution in [-0.4, -0.2) is 4.92 Å². The number of hydrogen-bond donors (Lipinski definition) is 0. The molecule has 0 radical (unpaired) electrons. The second-order valence-corrected chi connectivity index (χ2v) is 2.62. The van der Waals surface area contributed by atoms with E-state index in [1.165, 1.54) is 0 Å². The quantitative estimate of drug-likeness (QED) is 0.526. The van der Waals surface area contributed by atoms with Crippen molar-refractivity contribution in [2.45, 2.75) is 13.3 Å². The SMILES string of the molecule is CCC=C(c1ccccc1)[N+](=O)[O-]. The molecule has 1 aromatic carbocycles. The van der Waals surface area contributed by atoms with Crippen LogP contribution in [0.25, 0.3) is 5.70 Å². The van der Waals surface area contributed by atoms with Gasteiger partial charge in [-0.2, -0.15) is 0 Å². The summed E-state index contributed by atoms with van der Waals surface area (Å²) in [6.07, 6.45) is 2.29. The predicted molar refractivity (Wildman–Crippen MR) is 51.7 cm³/mol. The standard InChI is InChI=1S/C10H11NO2/c1-2-6-10(11(12)13)9-7-4-3-5-8-9/h3-8H,2H2,1H3. The van der Waals surface area contributed by atoms with Crippen molar-refractivity contribution in [2.75, 3.05) is 0 Å². The number of benzene rings is 1. The van der Waals surface area contributed by atoms with Crippen LogP contribution in [0.15, 0.2) is 36.4 Å². The Morgan fingerprint density at radius 1 is 1.46 bits per heavy atom. The van der Waals surface area contributed by atoms with Gasteiger partial charge in [0.25, 0.3) is 5.70 Å². The molecule has 68 valence electrons. The van der Waals surface area contributed by atoms with Gasteiger partial charge in [0.2, 0.25) is 0 Å². The Morgan fingerprint density at radius 2 is 2.08 bits per heavy atom. The maximum Gasteiger partial charge on any atom is 0.272 e. The van der Waals surface area contributed by atoms with Crippen LogP contribution < -0.4 is 0 Å². The molecule has 3 nitrogen and oxygen atoms in total. The van der Waals surface area contributed by atoms with Crippen molar-refractivity contribution in [2.24, 2.45) is 0 Å². The molecule has 0 aliphatic heterocycles. The molecule has 0 spiro atoms. The van der Waals surface area contributed by atoms with Crippen molar-refractivity contribution in [3.05, 3.63) is 52.1 Å². The topological polar surface area (TPSA) is 43.1 Å². The fraction of sp³-hybridized carbons (Fsp3) is 0.200. The van der Waals surface area contributed by atoms with E-state index in [-0.39, 0.29) is 10.6 Å². The lowest BCUT2D eigenvalue weighted by molar-refractivity contribution is -0.375. The highest BCUT2D eigenvalue weighted by Crippen LogP contribution is 2.14. The van der Waals surface area contributed by atoms with Gasteiger partial charge in [-0.1, -0.05) is 25.1 Å². The van der Waals surface area contributed by atoms with Crippen molar-refractivity contribution in [3.63, 3.8) is 0 Å². The minimum atomic E-state index is -0.348. The fourth-order valence-corrected chi connectivity index (χ4v) is 1.10. The second-order valence-electron chi connectivity index (χ2n) is 2.62. The highest BCUT2D eigenvalue weighted by molar-refractivity contribution is 5.58. The summed E-state index contributed by atoms with van der Waals surface area (Å²) < 4.78 is 0. The molecule has 0 fully saturated rings. The third-order valence-corrected chi connectivity index (χ3v) is 1.66. The number of nitrogens with zero attached hydrogens (tertiary/aromatic N) is 1. The van der Waals surface area contributed by atoms with E-state index in [1.54, 1.807) is 30.3 Å². The van der Waals surface area contributed by atoms with Crippen molar-refractivity contribution in [3.8, 4) is 0 Å². The van der Waals surface area contributed by atoms with Gasteiger partial charge in [-0.05, 0) is 24.6 Å². The van der Waals surface area contributed by atoms with E-state index in [2.05, 4.69) is 0 Å². The first-order valence-corrected chi connectivity index (χ1v) is 4.15. The summed E-state index contributed by atoms with van der Waals surface area (Å²) in [6, 6.07) is 8.91. The van der Waals surface area contributed by atoms with E-state index in [4.69, 9.17) is 0 Å². The van der Waals surface area contributed by atoms with Crippen LogP contribution in [0.1, 0.15) is 18.9 Å². The van der Waals surface area contributed by atoms with E-state index >= 15 is 0 Å². The number of hydrogen-bond acceptors (Lipinski definition) is 2. The molecular weight excluding hydrogens is 166 g/mol. The first kappa shape index (κ1) is 9.45. The lowest BCUT2D eigenvalue weighted by Crippen LogP contribution is -1.97. The average Bonchev–Trinajstić information content (AvgIpc) is 2.15. The molecule has 1 aromatic rings. The van der Waals surface area contributed by atoms with Gasteiger partial charge in [-0.15, -0.1) is 0 Å². The zero-order valence-corrected chi connectivity index (χ0v) is 7.43. The van der Waals surface area contributed by atoms with Crippen molar-refractivity contribution in [1.82, 2.24) is 0 Å². The summed E-state index contributed by atoms with van der Waals surface area (Å²) in [5.74, 6) is 0. The molecule has 0 saturated carbocycles. The lowest BCUT2D eigenvalue weighted by Gasteiger charge is -1.96. The van der Waals surface area contributed by atoms with Crippen LogP contribution in [0.4, 0.5) is 0 Å². The highest BCUT2D eigenvalue weighted by Gasteiger charge is 2.11. The van der Waals surface area contributed by atoms with Gasteiger partial charge >= 0.3 is 0 Å². The maximum absolute atomic E-state index is 10.6. The van der Waals surface area contributed by atoms with Gasteiger partial charge in [0.1, 0.15) is 0 Å². The summed E-state index contributed by atoms with van der Waals surface area (Å²) in [6.45, 7) is 1.88. The van der Waals surface area contributed by atoms with E-state index in [0.29, 0.717) is 12.0 Å². The van der Waals surface area contributed by atoms with Crippen molar-refractivity contribution >= 4 is 5.70 Å². The summed E-state index contributed by atoms with van der Waals surface area (Å²) in [5, 5.41) is 10.6. The largest absolute Gasteiger partial charge is 0.272 e. The minimum absolute atomic E-state index is 0.183. The first-order valence-electron chi connectivity index (χ1n) is 4.15. The van der Waals surface area contributed by atoms with Gasteiger partial charge in [0.05, 0.1) is 10.5 Å². The van der Waals surface area contributed by atoms with Crippen LogP contribution >= 0.6 is 0 Å². The molecule has 0 atom stereocenters. The molecule has 13 heavy (non-hydrogen) atoms. The molecule has 0 bridgehead atoms. The average molecular weight is 177 g/mol. The Balaban J connectivity index is 3.03. The lowest BCUT2D eigenvalue weighted by atomic mass is 10.1.